The van der Waals surface area contributed by atoms with Crippen molar-refractivity contribution in [1.29, 1.82) is 0 Å². The van der Waals surface area contributed by atoms with Crippen molar-refractivity contribution in [1.82, 2.24) is 4.90 Å². The second-order valence-corrected chi connectivity index (χ2v) is 5.02. The molecule has 1 aliphatic heterocycles. The fraction of sp³-hybridized carbons (Fsp3) is 0.600. The Morgan fingerprint density at radius 2 is 1.75 bits per heavy atom. The number of likely N-dealkylation sites (tertiary alicyclic amines) is 1. The van der Waals surface area contributed by atoms with Gasteiger partial charge in [-0.15, -0.1) is 0 Å². The Balaban J connectivity index is 2.00. The van der Waals surface area contributed by atoms with Crippen molar-refractivity contribution in [3.63, 3.8) is 0 Å². The highest BCUT2D eigenvalue weighted by molar-refractivity contribution is 5.35. The standard InChI is InChI=1S/C15H23NO4/c1-18-13-7-5-4-6-11(13)12(17)8-16-9-14(19-2)15(10-16)20-3/h4-7,12,14-15,17H,8-10H2,1-3H3. The van der Waals surface area contributed by atoms with Crippen molar-refractivity contribution in [2.75, 3.05) is 41.0 Å². The van der Waals surface area contributed by atoms with Crippen molar-refractivity contribution < 1.29 is 19.3 Å². The lowest BCUT2D eigenvalue weighted by Crippen LogP contribution is -2.28. The minimum Gasteiger partial charge on any atom is -0.496 e. The molecule has 0 saturated carbocycles. The molecule has 1 aromatic rings. The second-order valence-electron chi connectivity index (χ2n) is 5.02. The van der Waals surface area contributed by atoms with Gasteiger partial charge in [-0.3, -0.25) is 4.90 Å². The minimum absolute atomic E-state index is 0.0601. The van der Waals surface area contributed by atoms with Crippen LogP contribution in [0.25, 0.3) is 0 Å². The van der Waals surface area contributed by atoms with Crippen LogP contribution in [0.1, 0.15) is 11.7 Å². The number of hydrogen-bond acceptors (Lipinski definition) is 5. The van der Waals surface area contributed by atoms with E-state index in [1.807, 2.05) is 24.3 Å². The molecule has 0 bridgehead atoms. The minimum atomic E-state index is -0.584. The van der Waals surface area contributed by atoms with Gasteiger partial charge in [-0.25, -0.2) is 0 Å². The van der Waals surface area contributed by atoms with Gasteiger partial charge < -0.3 is 19.3 Å². The van der Waals surface area contributed by atoms with Gasteiger partial charge in [0, 0.05) is 39.4 Å². The lowest BCUT2D eigenvalue weighted by atomic mass is 10.1. The lowest BCUT2D eigenvalue weighted by Gasteiger charge is -2.21. The Kier molecular flexibility index (Phi) is 5.37. The van der Waals surface area contributed by atoms with Crippen LogP contribution in [0.3, 0.4) is 0 Å². The topological polar surface area (TPSA) is 51.2 Å². The maximum absolute atomic E-state index is 10.4. The van der Waals surface area contributed by atoms with E-state index in [0.717, 1.165) is 18.7 Å². The molecule has 1 fully saturated rings. The van der Waals surface area contributed by atoms with E-state index in [2.05, 4.69) is 4.90 Å². The maximum atomic E-state index is 10.4. The highest BCUT2D eigenvalue weighted by atomic mass is 16.5. The summed E-state index contributed by atoms with van der Waals surface area (Å²) in [4.78, 5) is 2.15. The summed E-state index contributed by atoms with van der Waals surface area (Å²) in [6.45, 7) is 2.07. The number of aliphatic hydroxyl groups excluding tert-OH is 1. The van der Waals surface area contributed by atoms with Crippen molar-refractivity contribution in [2.24, 2.45) is 0 Å². The summed E-state index contributed by atoms with van der Waals surface area (Å²) in [6, 6.07) is 7.55. The highest BCUT2D eigenvalue weighted by Crippen LogP contribution is 2.27. The summed E-state index contributed by atoms with van der Waals surface area (Å²) < 4.78 is 16.1. The van der Waals surface area contributed by atoms with Gasteiger partial charge in [-0.2, -0.15) is 0 Å². The Bertz CT molecular complexity index is 414. The number of para-hydroxylation sites is 1. The molecule has 112 valence electrons. The molecule has 0 aliphatic carbocycles. The fourth-order valence-electron chi connectivity index (χ4n) is 2.70. The lowest BCUT2D eigenvalue weighted by molar-refractivity contribution is -0.00461. The number of benzene rings is 1. The van der Waals surface area contributed by atoms with E-state index in [1.54, 1.807) is 21.3 Å². The Labute approximate surface area is 120 Å². The molecular formula is C15H23NO4. The zero-order chi connectivity index (χ0) is 14.5. The number of hydrogen-bond donors (Lipinski definition) is 1. The zero-order valence-electron chi connectivity index (χ0n) is 12.3. The molecule has 1 N–H and O–H groups in total. The third-order valence-electron chi connectivity index (χ3n) is 3.83. The fourth-order valence-corrected chi connectivity index (χ4v) is 2.70. The van der Waals surface area contributed by atoms with Gasteiger partial charge in [0.25, 0.3) is 0 Å². The number of methoxy groups -OCH3 is 3. The molecule has 3 unspecified atom stereocenters. The van der Waals surface area contributed by atoms with Crippen molar-refractivity contribution in [3.8, 4) is 5.75 Å². The number of ether oxygens (including phenoxy) is 3. The first kappa shape index (κ1) is 15.3. The molecule has 0 aromatic heterocycles. The third kappa shape index (κ3) is 3.30. The number of β-amino-alcohol motifs (C(OH)–C–C–N with tert-alkyl or cyclic N) is 1. The van der Waals surface area contributed by atoms with Crippen LogP contribution in [0.15, 0.2) is 24.3 Å². The van der Waals surface area contributed by atoms with Gasteiger partial charge in [-0.1, -0.05) is 18.2 Å². The van der Waals surface area contributed by atoms with Crippen molar-refractivity contribution in [2.45, 2.75) is 18.3 Å². The van der Waals surface area contributed by atoms with Crippen LogP contribution in [-0.4, -0.2) is 63.2 Å². The van der Waals surface area contributed by atoms with Gasteiger partial charge in [0.2, 0.25) is 0 Å². The van der Waals surface area contributed by atoms with Crippen LogP contribution in [0, 0.1) is 0 Å². The van der Waals surface area contributed by atoms with Crippen LogP contribution in [0.4, 0.5) is 0 Å². The SMILES string of the molecule is COc1ccccc1C(O)CN1CC(OC)C(OC)C1. The molecule has 3 atom stereocenters. The van der Waals surface area contributed by atoms with Crippen LogP contribution in [0.2, 0.25) is 0 Å². The molecule has 5 heteroatoms. The van der Waals surface area contributed by atoms with Crippen LogP contribution in [-0.2, 0) is 9.47 Å². The molecule has 0 radical (unpaired) electrons. The summed E-state index contributed by atoms with van der Waals surface area (Å²) in [6.07, 6.45) is -0.464. The van der Waals surface area contributed by atoms with Crippen molar-refractivity contribution in [3.05, 3.63) is 29.8 Å². The summed E-state index contributed by atoms with van der Waals surface area (Å²) in [5.74, 6) is 0.714. The molecule has 1 heterocycles. The molecule has 1 saturated heterocycles. The molecule has 5 nitrogen and oxygen atoms in total. The molecule has 0 amide bonds. The molecule has 1 aromatic carbocycles. The van der Waals surface area contributed by atoms with Crippen molar-refractivity contribution >= 4 is 0 Å². The van der Waals surface area contributed by atoms with E-state index in [-0.39, 0.29) is 12.2 Å². The monoisotopic (exact) mass is 281 g/mol. The Hall–Kier alpha value is -1.14. The maximum Gasteiger partial charge on any atom is 0.124 e. The van der Waals surface area contributed by atoms with Crippen LogP contribution in [0.5, 0.6) is 5.75 Å². The van der Waals surface area contributed by atoms with Gasteiger partial charge in [0.05, 0.1) is 25.4 Å². The van der Waals surface area contributed by atoms with Crippen LogP contribution < -0.4 is 4.74 Å². The number of aliphatic hydroxyl groups is 1. The second kappa shape index (κ2) is 7.04. The van der Waals surface area contributed by atoms with E-state index in [1.165, 1.54) is 0 Å². The van der Waals surface area contributed by atoms with E-state index in [4.69, 9.17) is 14.2 Å². The normalized spacial score (nSPS) is 24.8. The average Bonchev–Trinajstić information content (AvgIpc) is 2.89. The first-order valence-electron chi connectivity index (χ1n) is 6.78. The number of rotatable bonds is 6. The van der Waals surface area contributed by atoms with Crippen LogP contribution >= 0.6 is 0 Å². The first-order chi connectivity index (χ1) is 9.69. The number of nitrogens with zero attached hydrogens (tertiary/aromatic N) is 1. The largest absolute Gasteiger partial charge is 0.496 e. The third-order valence-corrected chi connectivity index (χ3v) is 3.83. The Morgan fingerprint density at radius 3 is 2.30 bits per heavy atom. The summed E-state index contributed by atoms with van der Waals surface area (Å²) in [7, 11) is 5.00. The summed E-state index contributed by atoms with van der Waals surface area (Å²) >= 11 is 0. The first-order valence-corrected chi connectivity index (χ1v) is 6.78. The molecule has 1 aliphatic rings. The molecule has 2 rings (SSSR count). The van der Waals surface area contributed by atoms with E-state index in [0.29, 0.717) is 12.3 Å². The molecule has 20 heavy (non-hydrogen) atoms. The summed E-state index contributed by atoms with van der Waals surface area (Å²) in [5, 5.41) is 10.4. The predicted molar refractivity (Wildman–Crippen MR) is 76.0 cm³/mol. The average molecular weight is 281 g/mol. The summed E-state index contributed by atoms with van der Waals surface area (Å²) in [5.41, 5.74) is 0.810. The highest BCUT2D eigenvalue weighted by Gasteiger charge is 2.34. The van der Waals surface area contributed by atoms with E-state index in [9.17, 15) is 5.11 Å². The van der Waals surface area contributed by atoms with Gasteiger partial charge in [0.15, 0.2) is 0 Å². The van der Waals surface area contributed by atoms with Gasteiger partial charge in [-0.05, 0) is 6.07 Å². The smallest absolute Gasteiger partial charge is 0.124 e. The Morgan fingerprint density at radius 1 is 1.15 bits per heavy atom. The molecular weight excluding hydrogens is 258 g/mol. The van der Waals surface area contributed by atoms with E-state index < -0.39 is 6.10 Å². The van der Waals surface area contributed by atoms with Gasteiger partial charge in [0.1, 0.15) is 5.75 Å². The molecule has 0 spiro atoms. The van der Waals surface area contributed by atoms with E-state index >= 15 is 0 Å². The van der Waals surface area contributed by atoms with Gasteiger partial charge >= 0.3 is 0 Å². The zero-order valence-corrected chi connectivity index (χ0v) is 12.3. The quantitative estimate of drug-likeness (QED) is 0.845. The predicted octanol–water partition coefficient (Wildman–Crippen LogP) is 1.07.